The molecule has 2 saturated heterocycles. The maximum atomic E-state index is 15.0. The normalized spacial score (nSPS) is 26.4. The number of aromatic nitrogens is 2. The van der Waals surface area contributed by atoms with Crippen molar-refractivity contribution in [3.05, 3.63) is 94.4 Å². The minimum Gasteiger partial charge on any atom is -0.463 e. The summed E-state index contributed by atoms with van der Waals surface area (Å²) in [4.78, 5) is 61.3. The summed E-state index contributed by atoms with van der Waals surface area (Å²) in [7, 11) is -0.102. The third-order valence-electron chi connectivity index (χ3n) is 12.0. The Bertz CT molecular complexity index is 2490. The molecule has 6 unspecified atom stereocenters. The third kappa shape index (κ3) is 4.83. The molecule has 3 N–H and O–H groups in total. The number of aliphatic hydroxyl groups excluding tert-OH is 1. The van der Waals surface area contributed by atoms with Gasteiger partial charge in [0.2, 0.25) is 23.6 Å². The molecule has 15 heteroatoms. The van der Waals surface area contributed by atoms with Crippen LogP contribution in [0.25, 0.3) is 20.7 Å². The van der Waals surface area contributed by atoms with E-state index in [0.717, 1.165) is 31.0 Å². The minimum atomic E-state index is -1.79. The second-order valence-corrected chi connectivity index (χ2v) is 16.3. The molecule has 54 heavy (non-hydrogen) atoms. The number of fused-ring (bicyclic) bond motifs is 5. The van der Waals surface area contributed by atoms with Crippen LogP contribution < -0.4 is 15.3 Å². The molecule has 3 fully saturated rings. The molecule has 12 nitrogen and oxygen atoms in total. The Kier molecular flexibility index (Phi) is 7.97. The van der Waals surface area contributed by atoms with Crippen LogP contribution in [-0.2, 0) is 32.8 Å². The molecule has 5 aromatic rings. The topological polar surface area (TPSA) is 166 Å². The molecule has 9 rings (SSSR count). The number of benzene rings is 2. The number of carbonyl (C=O) groups excluding carboxylic acids is 4. The summed E-state index contributed by atoms with van der Waals surface area (Å²) < 4.78 is 8.69. The average molecular weight is 765 g/mol. The summed E-state index contributed by atoms with van der Waals surface area (Å²) in [6.07, 6.45) is 2.28. The van der Waals surface area contributed by atoms with Crippen molar-refractivity contribution in [2.24, 2.45) is 36.1 Å². The van der Waals surface area contributed by atoms with Gasteiger partial charge in [-0.25, -0.2) is 4.90 Å². The van der Waals surface area contributed by atoms with Gasteiger partial charge in [-0.2, -0.15) is 5.10 Å². The third-order valence-corrected chi connectivity index (χ3v) is 13.6. The smallest absolute Gasteiger partial charge is 0.463 e. The van der Waals surface area contributed by atoms with E-state index in [9.17, 15) is 34.3 Å². The molecule has 5 heterocycles. The predicted octanol–water partition coefficient (Wildman–Crippen LogP) is 4.46. The van der Waals surface area contributed by atoms with E-state index < -0.39 is 65.8 Å². The fourth-order valence-corrected chi connectivity index (χ4v) is 10.8. The summed E-state index contributed by atoms with van der Waals surface area (Å²) in [6.45, 7) is 3.38. The first-order valence-electron chi connectivity index (χ1n) is 17.7. The number of amides is 4. The van der Waals surface area contributed by atoms with Gasteiger partial charge >= 0.3 is 7.12 Å². The average Bonchev–Trinajstić information content (AvgIpc) is 3.94. The van der Waals surface area contributed by atoms with Gasteiger partial charge in [-0.1, -0.05) is 35.4 Å². The van der Waals surface area contributed by atoms with Gasteiger partial charge in [0, 0.05) is 22.8 Å². The number of hydrogen-bond donors (Lipinski definition) is 3. The predicted molar refractivity (Wildman–Crippen MR) is 202 cm³/mol. The monoisotopic (exact) mass is 764 g/mol. The van der Waals surface area contributed by atoms with E-state index in [2.05, 4.69) is 0 Å². The van der Waals surface area contributed by atoms with Crippen LogP contribution in [0.3, 0.4) is 0 Å². The molecular formula is C39H34BClN4O8S. The highest BCUT2D eigenvalue weighted by atomic mass is 35.5. The highest BCUT2D eigenvalue weighted by Crippen LogP contribution is 2.64. The standard InChI is InChI=1S/C39H34BClN4O8S/c1-18-25-14-20(41)7-12-30(25)54-34(18)28-16-31(43(3)42-28)45-36(48)27-15-26-23(33(39(27,2)38(45)50)29-11-8-22(17-46)53-29)9-10-24-32(26)37(49)44(35(24)47)21-6-4-5-19(13-21)40(51)52/h4-9,11-14,16,24,26-27,32-33,46,51-52H,10,15,17H2,1-3H3. The Morgan fingerprint density at radius 1 is 1.00 bits per heavy atom. The first-order valence-corrected chi connectivity index (χ1v) is 18.9. The summed E-state index contributed by atoms with van der Waals surface area (Å²) in [5, 5.41) is 35.9. The second kappa shape index (κ2) is 12.3. The largest absolute Gasteiger partial charge is 0.488 e. The fraction of sp³-hybridized carbons (Fsp3) is 0.308. The van der Waals surface area contributed by atoms with Crippen molar-refractivity contribution < 1.29 is 38.7 Å². The van der Waals surface area contributed by atoms with E-state index in [0.29, 0.717) is 22.3 Å². The van der Waals surface area contributed by atoms with Crippen LogP contribution in [0.4, 0.5) is 11.5 Å². The molecule has 3 aromatic heterocycles. The van der Waals surface area contributed by atoms with Gasteiger partial charge in [0.25, 0.3) is 0 Å². The van der Waals surface area contributed by atoms with E-state index in [-0.39, 0.29) is 36.4 Å². The van der Waals surface area contributed by atoms with Gasteiger partial charge in [0.15, 0.2) is 0 Å². The first-order chi connectivity index (χ1) is 25.8. The molecule has 4 amide bonds. The van der Waals surface area contributed by atoms with Crippen LogP contribution in [0.5, 0.6) is 0 Å². The molecular weight excluding hydrogens is 731 g/mol. The number of rotatable bonds is 6. The van der Waals surface area contributed by atoms with Crippen molar-refractivity contribution in [2.45, 2.75) is 39.2 Å². The lowest BCUT2D eigenvalue weighted by Gasteiger charge is -2.48. The van der Waals surface area contributed by atoms with Crippen LogP contribution >= 0.6 is 22.9 Å². The highest BCUT2D eigenvalue weighted by molar-refractivity contribution is 7.22. The number of aliphatic hydroxyl groups is 1. The van der Waals surface area contributed by atoms with Crippen molar-refractivity contribution in [2.75, 3.05) is 9.80 Å². The number of aryl methyl sites for hydroxylation is 2. The summed E-state index contributed by atoms with van der Waals surface area (Å²) in [6, 6.07) is 16.8. The van der Waals surface area contributed by atoms with Gasteiger partial charge in [0.1, 0.15) is 29.6 Å². The lowest BCUT2D eigenvalue weighted by Crippen LogP contribution is -2.48. The number of halogens is 1. The van der Waals surface area contributed by atoms with Crippen molar-refractivity contribution in [1.29, 1.82) is 0 Å². The first kappa shape index (κ1) is 34.9. The lowest BCUT2D eigenvalue weighted by atomic mass is 9.52. The molecule has 0 bridgehead atoms. The quantitative estimate of drug-likeness (QED) is 0.129. The van der Waals surface area contributed by atoms with Crippen molar-refractivity contribution in [3.8, 4) is 10.6 Å². The number of furan rings is 1. The zero-order valence-electron chi connectivity index (χ0n) is 29.4. The minimum absolute atomic E-state index is 0.133. The summed E-state index contributed by atoms with van der Waals surface area (Å²) in [5.41, 5.74) is 1.34. The number of nitrogens with zero attached hydrogens (tertiary/aromatic N) is 4. The number of carbonyl (C=O) groups is 4. The number of hydrogen-bond acceptors (Lipinski definition) is 10. The summed E-state index contributed by atoms with van der Waals surface area (Å²) in [5.74, 6) is -4.57. The highest BCUT2D eigenvalue weighted by Gasteiger charge is 2.68. The number of allylic oxidation sites excluding steroid dienone is 2. The fourth-order valence-electron chi connectivity index (χ4n) is 9.46. The Balaban J connectivity index is 1.13. The van der Waals surface area contributed by atoms with Crippen molar-refractivity contribution in [3.63, 3.8) is 0 Å². The van der Waals surface area contributed by atoms with E-state index in [1.807, 2.05) is 31.2 Å². The molecule has 2 aromatic carbocycles. The number of thiophene rings is 1. The molecule has 4 aliphatic rings. The Labute approximate surface area is 318 Å². The van der Waals surface area contributed by atoms with Crippen LogP contribution in [-0.4, -0.2) is 55.7 Å². The molecule has 1 saturated carbocycles. The molecule has 274 valence electrons. The van der Waals surface area contributed by atoms with Crippen LogP contribution in [0.2, 0.25) is 5.02 Å². The Hall–Kier alpha value is -4.86. The van der Waals surface area contributed by atoms with E-state index in [4.69, 9.17) is 21.1 Å². The summed E-state index contributed by atoms with van der Waals surface area (Å²) >= 11 is 7.84. The zero-order valence-corrected chi connectivity index (χ0v) is 31.0. The number of imide groups is 2. The lowest BCUT2D eigenvalue weighted by molar-refractivity contribution is -0.131. The molecule has 0 spiro atoms. The number of anilines is 2. The van der Waals surface area contributed by atoms with Crippen molar-refractivity contribution >= 4 is 80.7 Å². The van der Waals surface area contributed by atoms with Crippen LogP contribution in [0, 0.1) is 36.0 Å². The molecule has 2 aliphatic heterocycles. The van der Waals surface area contributed by atoms with E-state index in [1.165, 1.54) is 21.7 Å². The zero-order chi connectivity index (χ0) is 38.0. The SMILES string of the molecule is Cc1c(-c2cc(N3C(=O)C4CC5C(=CCC6C(=O)N(c7cccc(B(O)O)c7)C(=O)C65)C(c5ccc(CO)o5)C4(C)C3=O)n(C)n2)sc2ccc(Cl)cc12. The van der Waals surface area contributed by atoms with Gasteiger partial charge in [-0.3, -0.25) is 28.8 Å². The van der Waals surface area contributed by atoms with Gasteiger partial charge in [-0.15, -0.1) is 11.3 Å². The second-order valence-electron chi connectivity index (χ2n) is 14.8. The van der Waals surface area contributed by atoms with Crippen molar-refractivity contribution in [1.82, 2.24) is 9.78 Å². The molecule has 2 aliphatic carbocycles. The van der Waals surface area contributed by atoms with Crippen LogP contribution in [0.1, 0.15) is 42.8 Å². The van der Waals surface area contributed by atoms with Gasteiger partial charge in [0.05, 0.1) is 39.7 Å². The van der Waals surface area contributed by atoms with Crippen LogP contribution in [0.15, 0.2) is 76.7 Å². The van der Waals surface area contributed by atoms with Gasteiger partial charge in [-0.05, 0) is 91.5 Å². The Morgan fingerprint density at radius 3 is 2.54 bits per heavy atom. The van der Waals surface area contributed by atoms with E-state index in [1.54, 1.807) is 55.6 Å². The molecule has 6 atom stereocenters. The maximum Gasteiger partial charge on any atom is 0.488 e. The maximum absolute atomic E-state index is 15.0. The molecule has 0 radical (unpaired) electrons. The van der Waals surface area contributed by atoms with Gasteiger partial charge < -0.3 is 19.6 Å². The van der Waals surface area contributed by atoms with E-state index >= 15 is 0 Å². The Morgan fingerprint density at radius 2 is 1.80 bits per heavy atom.